The summed E-state index contributed by atoms with van der Waals surface area (Å²) in [7, 11) is 0. The lowest BCUT2D eigenvalue weighted by atomic mass is 10.2. The van der Waals surface area contributed by atoms with Crippen molar-refractivity contribution >= 4 is 46.2 Å². The molecule has 0 aliphatic heterocycles. The highest BCUT2D eigenvalue weighted by Gasteiger charge is 2.08. The van der Waals surface area contributed by atoms with Crippen LogP contribution in [0.1, 0.15) is 10.4 Å². The van der Waals surface area contributed by atoms with Gasteiger partial charge < -0.3 is 10.6 Å². The molecule has 0 aliphatic rings. The second-order valence-corrected chi connectivity index (χ2v) is 5.94. The molecule has 0 unspecified atom stereocenters. The number of carbonyl (C=O) groups excluding carboxylic acids is 1. The van der Waals surface area contributed by atoms with E-state index < -0.39 is 0 Å². The minimum Gasteiger partial charge on any atom is -0.354 e. The lowest BCUT2D eigenvalue weighted by Crippen LogP contribution is -2.12. The predicted molar refractivity (Wildman–Crippen MR) is 98.4 cm³/mol. The first-order chi connectivity index (χ1) is 11.6. The number of carbonyl (C=O) groups is 1. The third-order valence-corrected chi connectivity index (χ3v) is 3.62. The van der Waals surface area contributed by atoms with Gasteiger partial charge in [0.15, 0.2) is 0 Å². The summed E-state index contributed by atoms with van der Waals surface area (Å²) in [5, 5.41) is 7.00. The number of rotatable bonds is 4. The van der Waals surface area contributed by atoms with E-state index in [1.807, 2.05) is 30.3 Å². The van der Waals surface area contributed by atoms with Crippen LogP contribution in [0.4, 0.5) is 17.1 Å². The van der Waals surface area contributed by atoms with Crippen molar-refractivity contribution in [2.75, 3.05) is 10.6 Å². The maximum absolute atomic E-state index is 12.3. The summed E-state index contributed by atoms with van der Waals surface area (Å²) in [6.45, 7) is 0. The minimum absolute atomic E-state index is 0.235. The van der Waals surface area contributed by atoms with Crippen LogP contribution < -0.4 is 10.6 Å². The molecule has 3 rings (SSSR count). The van der Waals surface area contributed by atoms with E-state index in [1.165, 1.54) is 6.20 Å². The molecule has 2 N–H and O–H groups in total. The normalized spacial score (nSPS) is 10.2. The topological polar surface area (TPSA) is 54.0 Å². The van der Waals surface area contributed by atoms with Crippen molar-refractivity contribution in [3.8, 4) is 0 Å². The summed E-state index contributed by atoms with van der Waals surface area (Å²) in [5.74, 6) is -0.235. The smallest absolute Gasteiger partial charge is 0.257 e. The molecule has 3 aromatic rings. The molecule has 0 bridgehead atoms. The second kappa shape index (κ2) is 7.34. The molecule has 120 valence electrons. The number of pyridine rings is 1. The van der Waals surface area contributed by atoms with Crippen LogP contribution in [-0.4, -0.2) is 10.9 Å². The number of hydrogen-bond acceptors (Lipinski definition) is 3. The Bertz CT molecular complexity index is 849. The molecule has 0 atom stereocenters. The van der Waals surface area contributed by atoms with E-state index in [9.17, 15) is 4.79 Å². The molecule has 0 aliphatic carbocycles. The Balaban J connectivity index is 1.77. The standard InChI is InChI=1S/C18H13Cl2N3O/c19-13-7-14(20)9-16(8-13)22-17-6-12(10-21-11-17)18(24)23-15-4-2-1-3-5-15/h1-11,22H,(H,23,24). The lowest BCUT2D eigenvalue weighted by molar-refractivity contribution is 0.102. The van der Waals surface area contributed by atoms with E-state index in [-0.39, 0.29) is 5.91 Å². The van der Waals surface area contributed by atoms with Gasteiger partial charge in [-0.1, -0.05) is 41.4 Å². The van der Waals surface area contributed by atoms with Gasteiger partial charge in [-0.25, -0.2) is 0 Å². The van der Waals surface area contributed by atoms with Gasteiger partial charge in [0.05, 0.1) is 17.4 Å². The zero-order chi connectivity index (χ0) is 16.9. The molecule has 0 radical (unpaired) electrons. The summed E-state index contributed by atoms with van der Waals surface area (Å²) in [4.78, 5) is 16.4. The van der Waals surface area contributed by atoms with Crippen LogP contribution in [0.3, 0.4) is 0 Å². The van der Waals surface area contributed by atoms with Crippen LogP contribution in [0.5, 0.6) is 0 Å². The van der Waals surface area contributed by atoms with Crippen molar-refractivity contribution in [1.82, 2.24) is 4.98 Å². The fourth-order valence-electron chi connectivity index (χ4n) is 2.15. The Labute approximate surface area is 149 Å². The molecule has 0 fully saturated rings. The van der Waals surface area contributed by atoms with Gasteiger partial charge in [-0.15, -0.1) is 0 Å². The number of nitrogens with one attached hydrogen (secondary N) is 2. The van der Waals surface area contributed by atoms with E-state index in [1.54, 1.807) is 30.5 Å². The van der Waals surface area contributed by atoms with Gasteiger partial charge in [0.1, 0.15) is 0 Å². The quantitative estimate of drug-likeness (QED) is 0.658. The first kappa shape index (κ1) is 16.3. The molecule has 0 saturated carbocycles. The van der Waals surface area contributed by atoms with Crippen molar-refractivity contribution in [2.24, 2.45) is 0 Å². The van der Waals surface area contributed by atoms with E-state index in [2.05, 4.69) is 15.6 Å². The fraction of sp³-hybridized carbons (Fsp3) is 0. The highest BCUT2D eigenvalue weighted by Crippen LogP contribution is 2.25. The average Bonchev–Trinajstić information content (AvgIpc) is 2.55. The van der Waals surface area contributed by atoms with E-state index >= 15 is 0 Å². The highest BCUT2D eigenvalue weighted by molar-refractivity contribution is 6.35. The summed E-state index contributed by atoms with van der Waals surface area (Å²) < 4.78 is 0. The molecular formula is C18H13Cl2N3O. The molecule has 1 heterocycles. The molecule has 1 aromatic heterocycles. The van der Waals surface area contributed by atoms with Crippen molar-refractivity contribution in [1.29, 1.82) is 0 Å². The maximum atomic E-state index is 12.3. The van der Waals surface area contributed by atoms with Crippen LogP contribution >= 0.6 is 23.2 Å². The Hall–Kier alpha value is -2.56. The van der Waals surface area contributed by atoms with Gasteiger partial charge in [0.25, 0.3) is 5.91 Å². The Morgan fingerprint density at radius 1 is 0.833 bits per heavy atom. The number of para-hydroxylation sites is 1. The van der Waals surface area contributed by atoms with Crippen LogP contribution in [-0.2, 0) is 0 Å². The minimum atomic E-state index is -0.235. The largest absolute Gasteiger partial charge is 0.354 e. The first-order valence-electron chi connectivity index (χ1n) is 7.15. The number of benzene rings is 2. The zero-order valence-electron chi connectivity index (χ0n) is 12.5. The van der Waals surface area contributed by atoms with Gasteiger partial charge >= 0.3 is 0 Å². The monoisotopic (exact) mass is 357 g/mol. The van der Waals surface area contributed by atoms with E-state index in [4.69, 9.17) is 23.2 Å². The number of aromatic nitrogens is 1. The van der Waals surface area contributed by atoms with Crippen molar-refractivity contribution in [3.05, 3.63) is 82.6 Å². The number of anilines is 3. The van der Waals surface area contributed by atoms with Crippen LogP contribution in [0, 0.1) is 0 Å². The lowest BCUT2D eigenvalue weighted by Gasteiger charge is -2.09. The third-order valence-electron chi connectivity index (χ3n) is 3.18. The van der Waals surface area contributed by atoms with Crippen LogP contribution in [0.15, 0.2) is 67.0 Å². The molecule has 1 amide bonds. The Morgan fingerprint density at radius 2 is 1.54 bits per heavy atom. The first-order valence-corrected chi connectivity index (χ1v) is 7.90. The fourth-order valence-corrected chi connectivity index (χ4v) is 2.68. The van der Waals surface area contributed by atoms with E-state index in [0.717, 1.165) is 11.4 Å². The van der Waals surface area contributed by atoms with Gasteiger partial charge in [0.2, 0.25) is 0 Å². The van der Waals surface area contributed by atoms with Gasteiger partial charge in [-0.2, -0.15) is 0 Å². The van der Waals surface area contributed by atoms with Crippen molar-refractivity contribution < 1.29 is 4.79 Å². The van der Waals surface area contributed by atoms with Crippen molar-refractivity contribution in [3.63, 3.8) is 0 Å². The number of amides is 1. The van der Waals surface area contributed by atoms with Crippen molar-refractivity contribution in [2.45, 2.75) is 0 Å². The Kier molecular flexibility index (Phi) is 4.99. The molecule has 4 nitrogen and oxygen atoms in total. The summed E-state index contributed by atoms with van der Waals surface area (Å²) in [6, 6.07) is 16.1. The maximum Gasteiger partial charge on any atom is 0.257 e. The average molecular weight is 358 g/mol. The summed E-state index contributed by atoms with van der Waals surface area (Å²) >= 11 is 12.0. The van der Waals surface area contributed by atoms with Gasteiger partial charge in [-0.05, 0) is 36.4 Å². The SMILES string of the molecule is O=C(Nc1ccccc1)c1cncc(Nc2cc(Cl)cc(Cl)c2)c1. The second-order valence-electron chi connectivity index (χ2n) is 5.07. The van der Waals surface area contributed by atoms with E-state index in [0.29, 0.717) is 21.3 Å². The van der Waals surface area contributed by atoms with Crippen LogP contribution in [0.2, 0.25) is 10.0 Å². The van der Waals surface area contributed by atoms with Gasteiger partial charge in [0, 0.05) is 27.6 Å². The predicted octanol–water partition coefficient (Wildman–Crippen LogP) is 5.38. The molecule has 2 aromatic carbocycles. The summed E-state index contributed by atoms with van der Waals surface area (Å²) in [5.41, 5.74) is 2.54. The molecule has 24 heavy (non-hydrogen) atoms. The zero-order valence-corrected chi connectivity index (χ0v) is 14.0. The third kappa shape index (κ3) is 4.25. The molecule has 6 heteroatoms. The number of halogens is 2. The number of hydrogen-bond donors (Lipinski definition) is 2. The van der Waals surface area contributed by atoms with Gasteiger partial charge in [-0.3, -0.25) is 9.78 Å². The molecule has 0 saturated heterocycles. The Morgan fingerprint density at radius 3 is 2.25 bits per heavy atom. The molecule has 0 spiro atoms. The summed E-state index contributed by atoms with van der Waals surface area (Å²) in [6.07, 6.45) is 3.13. The molecular weight excluding hydrogens is 345 g/mol. The number of nitrogens with zero attached hydrogens (tertiary/aromatic N) is 1. The highest BCUT2D eigenvalue weighted by atomic mass is 35.5. The van der Waals surface area contributed by atoms with Crippen LogP contribution in [0.25, 0.3) is 0 Å².